The summed E-state index contributed by atoms with van der Waals surface area (Å²) in [4.78, 5) is 14.0. The lowest BCUT2D eigenvalue weighted by Crippen LogP contribution is -2.48. The molecular weight excluding hydrogens is 372 g/mol. The highest BCUT2D eigenvalue weighted by Gasteiger charge is 2.49. The van der Waals surface area contributed by atoms with E-state index in [1.54, 1.807) is 0 Å². The Hall–Kier alpha value is -2.49. The SMILES string of the molecule is CCNC(=O)NC1COC2C1OCC2n1cc(CN(C)Cc2ccccc2)nn1. The summed E-state index contributed by atoms with van der Waals surface area (Å²) < 4.78 is 13.7. The van der Waals surface area contributed by atoms with Gasteiger partial charge >= 0.3 is 6.03 Å². The fourth-order valence-corrected chi connectivity index (χ4v) is 3.99. The lowest BCUT2D eigenvalue weighted by molar-refractivity contribution is 0.0622. The summed E-state index contributed by atoms with van der Waals surface area (Å²) in [6.07, 6.45) is 1.65. The number of aromatic nitrogens is 3. The van der Waals surface area contributed by atoms with Crippen LogP contribution in [0.15, 0.2) is 36.5 Å². The van der Waals surface area contributed by atoms with Crippen molar-refractivity contribution in [1.82, 2.24) is 30.5 Å². The van der Waals surface area contributed by atoms with Crippen LogP contribution in [0.3, 0.4) is 0 Å². The van der Waals surface area contributed by atoms with Crippen LogP contribution >= 0.6 is 0 Å². The number of carbonyl (C=O) groups is 1. The molecule has 2 amide bonds. The molecule has 4 rings (SSSR count). The predicted molar refractivity (Wildman–Crippen MR) is 106 cm³/mol. The summed E-state index contributed by atoms with van der Waals surface area (Å²) in [6.45, 7) is 4.95. The zero-order valence-electron chi connectivity index (χ0n) is 16.8. The molecule has 1 aromatic carbocycles. The van der Waals surface area contributed by atoms with Crippen LogP contribution in [0.25, 0.3) is 0 Å². The Balaban J connectivity index is 1.33. The van der Waals surface area contributed by atoms with E-state index in [-0.39, 0.29) is 30.3 Å². The molecule has 2 aliphatic heterocycles. The molecule has 1 aromatic heterocycles. The molecule has 2 saturated heterocycles. The molecule has 0 radical (unpaired) electrons. The number of fused-ring (bicyclic) bond motifs is 1. The Labute approximate surface area is 170 Å². The monoisotopic (exact) mass is 400 g/mol. The van der Waals surface area contributed by atoms with Crippen molar-refractivity contribution in [2.75, 3.05) is 26.8 Å². The maximum atomic E-state index is 11.8. The number of nitrogens with one attached hydrogen (secondary N) is 2. The van der Waals surface area contributed by atoms with Gasteiger partial charge in [0.2, 0.25) is 0 Å². The predicted octanol–water partition coefficient (Wildman–Crippen LogP) is 0.937. The van der Waals surface area contributed by atoms with Gasteiger partial charge in [-0.05, 0) is 19.5 Å². The molecular formula is C20H28N6O3. The van der Waals surface area contributed by atoms with Gasteiger partial charge in [-0.1, -0.05) is 35.5 Å². The molecule has 9 heteroatoms. The van der Waals surface area contributed by atoms with E-state index < -0.39 is 0 Å². The van der Waals surface area contributed by atoms with Gasteiger partial charge in [0.1, 0.15) is 18.2 Å². The summed E-state index contributed by atoms with van der Waals surface area (Å²) in [5, 5.41) is 14.3. The number of carbonyl (C=O) groups excluding carboxylic acids is 1. The third kappa shape index (κ3) is 4.58. The molecule has 0 bridgehead atoms. The van der Waals surface area contributed by atoms with Crippen molar-refractivity contribution in [3.8, 4) is 0 Å². The number of hydrogen-bond donors (Lipinski definition) is 2. The number of benzene rings is 1. The second-order valence-electron chi connectivity index (χ2n) is 7.62. The highest BCUT2D eigenvalue weighted by molar-refractivity contribution is 5.74. The number of nitrogens with zero attached hydrogens (tertiary/aromatic N) is 4. The molecule has 2 fully saturated rings. The molecule has 156 valence electrons. The van der Waals surface area contributed by atoms with E-state index in [0.717, 1.165) is 12.2 Å². The van der Waals surface area contributed by atoms with Crippen LogP contribution in [0, 0.1) is 0 Å². The first-order chi connectivity index (χ1) is 14.1. The lowest BCUT2D eigenvalue weighted by atomic mass is 10.1. The minimum atomic E-state index is -0.196. The van der Waals surface area contributed by atoms with E-state index in [2.05, 4.69) is 45.0 Å². The van der Waals surface area contributed by atoms with Gasteiger partial charge < -0.3 is 20.1 Å². The Morgan fingerprint density at radius 1 is 1.21 bits per heavy atom. The third-order valence-electron chi connectivity index (χ3n) is 5.31. The van der Waals surface area contributed by atoms with Crippen LogP contribution in [-0.4, -0.2) is 71.0 Å². The normalized spacial score (nSPS) is 25.9. The number of rotatable bonds is 7. The number of urea groups is 1. The standard InChI is InChI=1S/C20H28N6O3/c1-3-21-20(27)22-16-12-28-19-17(13-29-18(16)19)26-11-15(23-24-26)10-25(2)9-14-7-5-4-6-8-14/h4-8,11,16-19H,3,9-10,12-13H2,1-2H3,(H2,21,22,27). The first-order valence-corrected chi connectivity index (χ1v) is 10.0. The van der Waals surface area contributed by atoms with Gasteiger partial charge in [-0.2, -0.15) is 0 Å². The molecule has 0 aliphatic carbocycles. The van der Waals surface area contributed by atoms with Crippen molar-refractivity contribution < 1.29 is 14.3 Å². The zero-order chi connectivity index (χ0) is 20.2. The highest BCUT2D eigenvalue weighted by atomic mass is 16.6. The van der Waals surface area contributed by atoms with Crippen LogP contribution in [0.2, 0.25) is 0 Å². The molecule has 2 aliphatic rings. The maximum Gasteiger partial charge on any atom is 0.315 e. The summed E-state index contributed by atoms with van der Waals surface area (Å²) in [6, 6.07) is 9.96. The van der Waals surface area contributed by atoms with Crippen molar-refractivity contribution >= 4 is 6.03 Å². The van der Waals surface area contributed by atoms with E-state index in [0.29, 0.717) is 26.3 Å². The second kappa shape index (κ2) is 8.89. The van der Waals surface area contributed by atoms with Crippen molar-refractivity contribution in [1.29, 1.82) is 0 Å². The molecule has 9 nitrogen and oxygen atoms in total. The van der Waals surface area contributed by atoms with Gasteiger partial charge in [-0.3, -0.25) is 4.90 Å². The number of ether oxygens (including phenoxy) is 2. The maximum absolute atomic E-state index is 11.8. The number of amides is 2. The van der Waals surface area contributed by atoms with E-state index in [1.165, 1.54) is 5.56 Å². The van der Waals surface area contributed by atoms with E-state index >= 15 is 0 Å². The zero-order valence-corrected chi connectivity index (χ0v) is 16.8. The van der Waals surface area contributed by atoms with E-state index in [9.17, 15) is 4.79 Å². The summed E-state index contributed by atoms with van der Waals surface area (Å²) in [5.74, 6) is 0. The fraction of sp³-hybridized carbons (Fsp3) is 0.550. The van der Waals surface area contributed by atoms with Crippen LogP contribution in [0.4, 0.5) is 4.79 Å². The van der Waals surface area contributed by atoms with Crippen molar-refractivity contribution in [2.45, 2.75) is 44.3 Å². The van der Waals surface area contributed by atoms with Crippen molar-refractivity contribution in [3.63, 3.8) is 0 Å². The Bertz CT molecular complexity index is 814. The van der Waals surface area contributed by atoms with Gasteiger partial charge in [0.15, 0.2) is 0 Å². The van der Waals surface area contributed by atoms with Gasteiger partial charge in [0.05, 0.1) is 31.1 Å². The van der Waals surface area contributed by atoms with Gasteiger partial charge in [-0.25, -0.2) is 9.48 Å². The second-order valence-corrected chi connectivity index (χ2v) is 7.62. The highest BCUT2D eigenvalue weighted by Crippen LogP contribution is 2.33. The van der Waals surface area contributed by atoms with E-state index in [4.69, 9.17) is 9.47 Å². The minimum absolute atomic E-state index is 0.0401. The summed E-state index contributed by atoms with van der Waals surface area (Å²) in [7, 11) is 2.07. The average molecular weight is 400 g/mol. The van der Waals surface area contributed by atoms with Crippen molar-refractivity contribution in [3.05, 3.63) is 47.8 Å². The first kappa shape index (κ1) is 19.8. The Morgan fingerprint density at radius 3 is 2.79 bits per heavy atom. The summed E-state index contributed by atoms with van der Waals surface area (Å²) >= 11 is 0. The minimum Gasteiger partial charge on any atom is -0.371 e. The van der Waals surface area contributed by atoms with Crippen LogP contribution < -0.4 is 10.6 Å². The van der Waals surface area contributed by atoms with Crippen molar-refractivity contribution in [2.24, 2.45) is 0 Å². The summed E-state index contributed by atoms with van der Waals surface area (Å²) in [5.41, 5.74) is 2.17. The Morgan fingerprint density at radius 2 is 2.00 bits per heavy atom. The topological polar surface area (TPSA) is 93.5 Å². The molecule has 4 unspecified atom stereocenters. The van der Waals surface area contributed by atoms with Crippen LogP contribution in [0.1, 0.15) is 24.2 Å². The number of hydrogen-bond acceptors (Lipinski definition) is 6. The smallest absolute Gasteiger partial charge is 0.315 e. The molecule has 0 saturated carbocycles. The molecule has 4 atom stereocenters. The average Bonchev–Trinajstić information content (AvgIpc) is 3.40. The van der Waals surface area contributed by atoms with Crippen LogP contribution in [0.5, 0.6) is 0 Å². The molecule has 3 heterocycles. The molecule has 0 spiro atoms. The van der Waals surface area contributed by atoms with E-state index in [1.807, 2.05) is 36.0 Å². The lowest BCUT2D eigenvalue weighted by Gasteiger charge is -2.17. The molecule has 2 aromatic rings. The first-order valence-electron chi connectivity index (χ1n) is 10.0. The molecule has 29 heavy (non-hydrogen) atoms. The van der Waals surface area contributed by atoms with Gasteiger partial charge in [-0.15, -0.1) is 5.10 Å². The Kier molecular flexibility index (Phi) is 6.08. The van der Waals surface area contributed by atoms with Gasteiger partial charge in [0.25, 0.3) is 0 Å². The van der Waals surface area contributed by atoms with Crippen LogP contribution in [-0.2, 0) is 22.6 Å². The third-order valence-corrected chi connectivity index (χ3v) is 5.31. The van der Waals surface area contributed by atoms with Gasteiger partial charge in [0, 0.05) is 19.6 Å². The quantitative estimate of drug-likeness (QED) is 0.718. The fourth-order valence-electron chi connectivity index (χ4n) is 3.99. The largest absolute Gasteiger partial charge is 0.371 e. The molecule has 2 N–H and O–H groups in total.